The molecule has 0 spiro atoms. The van der Waals surface area contributed by atoms with E-state index in [0.717, 1.165) is 22.2 Å². The molecule has 0 aliphatic rings. The summed E-state index contributed by atoms with van der Waals surface area (Å²) in [7, 11) is 0. The van der Waals surface area contributed by atoms with Crippen molar-refractivity contribution in [2.75, 3.05) is 5.43 Å². The Labute approximate surface area is 165 Å². The Hall–Kier alpha value is -3.64. The second-order valence-corrected chi connectivity index (χ2v) is 6.39. The third-order valence-corrected chi connectivity index (χ3v) is 4.72. The molecule has 0 saturated carbocycles. The van der Waals surface area contributed by atoms with Crippen LogP contribution in [-0.4, -0.2) is 15.7 Å². The van der Waals surface area contributed by atoms with Gasteiger partial charge in [0.15, 0.2) is 0 Å². The zero-order valence-electron chi connectivity index (χ0n) is 14.6. The number of nitrogens with one attached hydrogen (secondary N) is 1. The number of nitro groups is 1. The van der Waals surface area contributed by atoms with Gasteiger partial charge in [-0.3, -0.25) is 20.1 Å². The van der Waals surface area contributed by atoms with Gasteiger partial charge in [-0.25, -0.2) is 0 Å². The molecule has 0 saturated heterocycles. The first-order chi connectivity index (χ1) is 13.7. The molecule has 4 rings (SSSR count). The van der Waals surface area contributed by atoms with Crippen LogP contribution in [0, 0.1) is 10.1 Å². The minimum atomic E-state index is -0.452. The standard InChI is InChI=1S/C21H15ClN4O2/c22-21-17(14-23-24-18-11-5-7-13-20(18)26(27)28)16-10-4-6-12-19(16)25(21)15-8-2-1-3-9-15/h1-14,24H/b23-14+. The molecule has 0 bridgehead atoms. The van der Waals surface area contributed by atoms with Gasteiger partial charge in [0, 0.05) is 22.7 Å². The monoisotopic (exact) mass is 390 g/mol. The van der Waals surface area contributed by atoms with E-state index in [4.69, 9.17) is 11.6 Å². The van der Waals surface area contributed by atoms with Gasteiger partial charge in [0.05, 0.1) is 16.7 Å². The Bertz CT molecular complexity index is 1190. The summed E-state index contributed by atoms with van der Waals surface area (Å²) < 4.78 is 1.95. The lowest BCUT2D eigenvalue weighted by molar-refractivity contribution is -0.384. The van der Waals surface area contributed by atoms with E-state index in [-0.39, 0.29) is 5.69 Å². The lowest BCUT2D eigenvalue weighted by atomic mass is 10.2. The molecule has 0 atom stereocenters. The molecule has 0 aliphatic heterocycles. The van der Waals surface area contributed by atoms with Crippen molar-refractivity contribution in [2.24, 2.45) is 5.10 Å². The molecule has 0 fully saturated rings. The largest absolute Gasteiger partial charge is 0.300 e. The summed E-state index contributed by atoms with van der Waals surface area (Å²) >= 11 is 6.69. The highest BCUT2D eigenvalue weighted by molar-refractivity contribution is 6.34. The van der Waals surface area contributed by atoms with Crippen LogP contribution in [-0.2, 0) is 0 Å². The van der Waals surface area contributed by atoms with Crippen molar-refractivity contribution >= 4 is 40.1 Å². The van der Waals surface area contributed by atoms with Crippen LogP contribution in [0.25, 0.3) is 16.6 Å². The van der Waals surface area contributed by atoms with Crippen LogP contribution < -0.4 is 5.43 Å². The van der Waals surface area contributed by atoms with E-state index in [1.54, 1.807) is 24.4 Å². The molecular weight excluding hydrogens is 376 g/mol. The molecule has 1 N–H and O–H groups in total. The lowest BCUT2D eigenvalue weighted by Gasteiger charge is -2.06. The van der Waals surface area contributed by atoms with Crippen LogP contribution in [0.3, 0.4) is 0 Å². The van der Waals surface area contributed by atoms with E-state index in [9.17, 15) is 10.1 Å². The van der Waals surface area contributed by atoms with Crippen molar-refractivity contribution in [1.82, 2.24) is 4.57 Å². The maximum Gasteiger partial charge on any atom is 0.294 e. The van der Waals surface area contributed by atoms with E-state index in [1.807, 2.05) is 59.2 Å². The molecule has 7 heteroatoms. The van der Waals surface area contributed by atoms with Crippen LogP contribution in [0.15, 0.2) is 84.0 Å². The second kappa shape index (κ2) is 7.54. The van der Waals surface area contributed by atoms with E-state index in [0.29, 0.717) is 10.8 Å². The third kappa shape index (κ3) is 3.21. The van der Waals surface area contributed by atoms with Gasteiger partial charge >= 0.3 is 0 Å². The number of fused-ring (bicyclic) bond motifs is 1. The molecule has 3 aromatic carbocycles. The van der Waals surface area contributed by atoms with Gasteiger partial charge in [-0.15, -0.1) is 0 Å². The third-order valence-electron chi connectivity index (χ3n) is 4.35. The van der Waals surface area contributed by atoms with Crippen molar-refractivity contribution in [2.45, 2.75) is 0 Å². The Morgan fingerprint density at radius 2 is 1.64 bits per heavy atom. The Morgan fingerprint density at radius 3 is 2.43 bits per heavy atom. The number of para-hydroxylation sites is 4. The number of hydrogen-bond donors (Lipinski definition) is 1. The topological polar surface area (TPSA) is 72.5 Å². The van der Waals surface area contributed by atoms with E-state index >= 15 is 0 Å². The fraction of sp³-hybridized carbons (Fsp3) is 0. The fourth-order valence-corrected chi connectivity index (χ4v) is 3.42. The zero-order valence-corrected chi connectivity index (χ0v) is 15.4. The molecule has 1 heterocycles. The summed E-state index contributed by atoms with van der Waals surface area (Å²) in [5.41, 5.74) is 5.63. The summed E-state index contributed by atoms with van der Waals surface area (Å²) in [6.45, 7) is 0. The highest BCUT2D eigenvalue weighted by Gasteiger charge is 2.16. The number of anilines is 1. The average molecular weight is 391 g/mol. The smallest absolute Gasteiger partial charge is 0.294 e. The summed E-state index contributed by atoms with van der Waals surface area (Å²) in [6.07, 6.45) is 1.58. The molecule has 0 radical (unpaired) electrons. The van der Waals surface area contributed by atoms with E-state index < -0.39 is 4.92 Å². The SMILES string of the molecule is O=[N+]([O-])c1ccccc1N/N=C/c1c(Cl)n(-c2ccccc2)c2ccccc12. The maximum atomic E-state index is 11.1. The minimum Gasteiger partial charge on any atom is -0.300 e. The van der Waals surface area contributed by atoms with E-state index in [1.165, 1.54) is 6.07 Å². The summed E-state index contributed by atoms with van der Waals surface area (Å²) in [6, 6.07) is 24.0. The number of halogens is 1. The molecule has 28 heavy (non-hydrogen) atoms. The number of benzene rings is 3. The van der Waals surface area contributed by atoms with Crippen LogP contribution in [0.5, 0.6) is 0 Å². The Kier molecular flexibility index (Phi) is 4.78. The Morgan fingerprint density at radius 1 is 0.964 bits per heavy atom. The van der Waals surface area contributed by atoms with Crippen molar-refractivity contribution < 1.29 is 4.92 Å². The van der Waals surface area contributed by atoms with Crippen LogP contribution in [0.1, 0.15) is 5.56 Å². The molecular formula is C21H15ClN4O2. The summed E-state index contributed by atoms with van der Waals surface area (Å²) in [5.74, 6) is 0. The van der Waals surface area contributed by atoms with Crippen molar-refractivity contribution in [3.05, 3.63) is 99.7 Å². The first kappa shape index (κ1) is 17.8. The quantitative estimate of drug-likeness (QED) is 0.272. The van der Waals surface area contributed by atoms with Gasteiger partial charge in [-0.05, 0) is 24.3 Å². The number of hydrogen-bond acceptors (Lipinski definition) is 4. The maximum absolute atomic E-state index is 11.1. The van der Waals surface area contributed by atoms with Crippen LogP contribution in [0.4, 0.5) is 11.4 Å². The zero-order chi connectivity index (χ0) is 19.5. The van der Waals surface area contributed by atoms with Gasteiger partial charge < -0.3 is 0 Å². The molecule has 0 amide bonds. The van der Waals surface area contributed by atoms with Crippen molar-refractivity contribution in [3.63, 3.8) is 0 Å². The molecule has 0 unspecified atom stereocenters. The summed E-state index contributed by atoms with van der Waals surface area (Å²) in [4.78, 5) is 10.7. The number of nitrogens with zero attached hydrogens (tertiary/aromatic N) is 3. The lowest BCUT2D eigenvalue weighted by Crippen LogP contribution is -1.97. The van der Waals surface area contributed by atoms with Crippen LogP contribution >= 0.6 is 11.6 Å². The number of rotatable bonds is 5. The van der Waals surface area contributed by atoms with Crippen LogP contribution in [0.2, 0.25) is 5.15 Å². The molecule has 0 aliphatic carbocycles. The van der Waals surface area contributed by atoms with Crippen molar-refractivity contribution in [1.29, 1.82) is 0 Å². The molecule has 4 aromatic rings. The first-order valence-corrected chi connectivity index (χ1v) is 8.91. The number of hydrazone groups is 1. The van der Waals surface area contributed by atoms with E-state index in [2.05, 4.69) is 10.5 Å². The van der Waals surface area contributed by atoms with Gasteiger partial charge in [0.2, 0.25) is 0 Å². The predicted octanol–water partition coefficient (Wildman–Crippen LogP) is 5.64. The van der Waals surface area contributed by atoms with Gasteiger partial charge in [-0.2, -0.15) is 5.10 Å². The molecule has 138 valence electrons. The normalized spacial score (nSPS) is 11.2. The fourth-order valence-electron chi connectivity index (χ4n) is 3.08. The highest BCUT2D eigenvalue weighted by atomic mass is 35.5. The minimum absolute atomic E-state index is 0.0440. The average Bonchev–Trinajstić information content (AvgIpc) is 3.00. The molecule has 1 aromatic heterocycles. The first-order valence-electron chi connectivity index (χ1n) is 8.53. The van der Waals surface area contributed by atoms with Gasteiger partial charge in [0.25, 0.3) is 5.69 Å². The highest BCUT2D eigenvalue weighted by Crippen LogP contribution is 2.32. The predicted molar refractivity (Wildman–Crippen MR) is 113 cm³/mol. The number of nitro benzene ring substituents is 1. The second-order valence-electron chi connectivity index (χ2n) is 6.04. The Balaban J connectivity index is 1.75. The van der Waals surface area contributed by atoms with Crippen molar-refractivity contribution in [3.8, 4) is 5.69 Å². The van der Waals surface area contributed by atoms with Gasteiger partial charge in [0.1, 0.15) is 10.8 Å². The number of aromatic nitrogens is 1. The molecule has 6 nitrogen and oxygen atoms in total. The summed E-state index contributed by atoms with van der Waals surface area (Å²) in [5, 5.41) is 16.8. The van der Waals surface area contributed by atoms with Gasteiger partial charge in [-0.1, -0.05) is 60.1 Å².